The summed E-state index contributed by atoms with van der Waals surface area (Å²) < 4.78 is 46.4. The molecule has 0 bridgehead atoms. The number of fused-ring (bicyclic) bond motifs is 2. The van der Waals surface area contributed by atoms with Crippen LogP contribution in [0.25, 0.3) is 10.2 Å². The second-order valence-corrected chi connectivity index (χ2v) is 8.48. The van der Waals surface area contributed by atoms with Crippen molar-refractivity contribution >= 4 is 27.4 Å². The molecule has 3 aromatic rings. The summed E-state index contributed by atoms with van der Waals surface area (Å²) in [5.41, 5.74) is 5.53. The lowest BCUT2D eigenvalue weighted by atomic mass is 10.2. The third-order valence-electron chi connectivity index (χ3n) is 5.04. The lowest BCUT2D eigenvalue weighted by molar-refractivity contribution is -0.147. The Morgan fingerprint density at radius 1 is 1.19 bits per heavy atom. The van der Waals surface area contributed by atoms with E-state index < -0.39 is 12.0 Å². The van der Waals surface area contributed by atoms with Crippen LogP contribution in [0.15, 0.2) is 6.07 Å². The molecule has 0 saturated carbocycles. The maximum atomic E-state index is 13.2. The van der Waals surface area contributed by atoms with E-state index in [-0.39, 0.29) is 24.9 Å². The maximum Gasteiger partial charge on any atom is 0.451 e. The van der Waals surface area contributed by atoms with Gasteiger partial charge in [0.05, 0.1) is 18.5 Å². The number of hydrogen-bond acceptors (Lipinski definition) is 8. The SMILES string of the molecule is CCCc1cc2c(N3CCn4c(nnc4C(F)(F)F)C3)nc(OCCCCN)nc2s1. The van der Waals surface area contributed by atoms with Gasteiger partial charge in [0.25, 0.3) is 0 Å². The summed E-state index contributed by atoms with van der Waals surface area (Å²) in [4.78, 5) is 13.1. The van der Waals surface area contributed by atoms with Crippen LogP contribution in [0, 0.1) is 0 Å². The normalized spacial score (nSPS) is 14.3. The van der Waals surface area contributed by atoms with Crippen molar-refractivity contribution in [2.45, 2.75) is 51.9 Å². The van der Waals surface area contributed by atoms with E-state index in [9.17, 15) is 13.2 Å². The first kappa shape index (κ1) is 21.8. The molecule has 8 nitrogen and oxygen atoms in total. The fourth-order valence-electron chi connectivity index (χ4n) is 3.57. The Bertz CT molecular complexity index is 1050. The van der Waals surface area contributed by atoms with Gasteiger partial charge >= 0.3 is 12.2 Å². The van der Waals surface area contributed by atoms with Gasteiger partial charge in [0.1, 0.15) is 10.6 Å². The Hall–Kier alpha value is -2.47. The number of unbranched alkanes of at least 4 members (excludes halogenated alkanes) is 1. The van der Waals surface area contributed by atoms with Gasteiger partial charge in [-0.1, -0.05) is 13.3 Å². The first-order valence-electron chi connectivity index (χ1n) is 10.3. The Kier molecular flexibility index (Phi) is 6.28. The molecule has 1 aliphatic heterocycles. The smallest absolute Gasteiger partial charge is 0.451 e. The molecule has 168 valence electrons. The van der Waals surface area contributed by atoms with Gasteiger partial charge in [-0.2, -0.15) is 23.1 Å². The first-order valence-corrected chi connectivity index (χ1v) is 11.1. The molecule has 0 fully saturated rings. The average molecular weight is 456 g/mol. The van der Waals surface area contributed by atoms with Gasteiger partial charge < -0.3 is 19.9 Å². The number of nitrogens with zero attached hydrogens (tertiary/aromatic N) is 6. The molecule has 3 aromatic heterocycles. The predicted octanol–water partition coefficient (Wildman–Crippen LogP) is 3.39. The molecule has 0 atom stereocenters. The van der Waals surface area contributed by atoms with Crippen LogP contribution in [0.5, 0.6) is 6.01 Å². The molecule has 12 heteroatoms. The van der Waals surface area contributed by atoms with Crippen molar-refractivity contribution in [3.63, 3.8) is 0 Å². The van der Waals surface area contributed by atoms with Gasteiger partial charge in [-0.25, -0.2) is 0 Å². The van der Waals surface area contributed by atoms with Crippen LogP contribution < -0.4 is 15.4 Å². The molecule has 0 unspecified atom stereocenters. The summed E-state index contributed by atoms with van der Waals surface area (Å²) in [5.74, 6) is -0.0420. The molecule has 2 N–H and O–H groups in total. The summed E-state index contributed by atoms with van der Waals surface area (Å²) in [6, 6.07) is 2.34. The third kappa shape index (κ3) is 4.59. The number of aryl methyl sites for hydroxylation is 1. The molecule has 4 heterocycles. The summed E-state index contributed by atoms with van der Waals surface area (Å²) in [7, 11) is 0. The zero-order valence-electron chi connectivity index (χ0n) is 17.2. The minimum Gasteiger partial charge on any atom is -0.463 e. The maximum absolute atomic E-state index is 13.2. The molecular formula is C19H24F3N7OS. The van der Waals surface area contributed by atoms with Crippen molar-refractivity contribution in [2.24, 2.45) is 5.73 Å². The lowest BCUT2D eigenvalue weighted by Gasteiger charge is -2.29. The Labute approximate surface area is 181 Å². The zero-order valence-corrected chi connectivity index (χ0v) is 18.0. The molecule has 0 aromatic carbocycles. The van der Waals surface area contributed by atoms with Crippen LogP contribution in [0.1, 0.15) is 42.7 Å². The van der Waals surface area contributed by atoms with Gasteiger partial charge in [0.15, 0.2) is 5.82 Å². The van der Waals surface area contributed by atoms with E-state index in [0.717, 1.165) is 40.5 Å². The van der Waals surface area contributed by atoms with Gasteiger partial charge in [0.2, 0.25) is 5.82 Å². The molecule has 0 radical (unpaired) electrons. The number of thiophene rings is 1. The van der Waals surface area contributed by atoms with Crippen LogP contribution in [0.4, 0.5) is 19.0 Å². The van der Waals surface area contributed by atoms with Gasteiger partial charge in [-0.3, -0.25) is 0 Å². The van der Waals surface area contributed by atoms with Crippen LogP contribution in [-0.2, 0) is 25.7 Å². The van der Waals surface area contributed by atoms with Crippen molar-refractivity contribution in [3.05, 3.63) is 22.6 Å². The number of rotatable bonds is 8. The molecule has 0 saturated heterocycles. The van der Waals surface area contributed by atoms with Crippen LogP contribution >= 0.6 is 11.3 Å². The van der Waals surface area contributed by atoms with Gasteiger partial charge in [-0.05, 0) is 31.9 Å². The van der Waals surface area contributed by atoms with Crippen molar-refractivity contribution in [1.29, 1.82) is 0 Å². The summed E-state index contributed by atoms with van der Waals surface area (Å²) in [6.45, 7) is 3.82. The highest BCUT2D eigenvalue weighted by atomic mass is 32.1. The molecule has 1 aliphatic rings. The standard InChI is InChI=1S/C19H24F3N7OS/c1-2-5-12-10-13-15(24-18(25-16(13)31-12)30-9-4-3-6-23)28-7-8-29-14(11-28)26-27-17(29)19(20,21)22/h10H,2-9,11,23H2,1H3. The van der Waals surface area contributed by atoms with E-state index in [1.54, 1.807) is 11.3 Å². The number of halogens is 3. The first-order chi connectivity index (χ1) is 14.9. The van der Waals surface area contributed by atoms with Crippen molar-refractivity contribution < 1.29 is 17.9 Å². The van der Waals surface area contributed by atoms with Crippen molar-refractivity contribution in [1.82, 2.24) is 24.7 Å². The van der Waals surface area contributed by atoms with Crippen LogP contribution in [0.2, 0.25) is 0 Å². The third-order valence-corrected chi connectivity index (χ3v) is 6.12. The predicted molar refractivity (Wildman–Crippen MR) is 111 cm³/mol. The van der Waals surface area contributed by atoms with Crippen molar-refractivity contribution in [3.8, 4) is 6.01 Å². The highest BCUT2D eigenvalue weighted by Crippen LogP contribution is 2.35. The largest absolute Gasteiger partial charge is 0.463 e. The zero-order chi connectivity index (χ0) is 22.0. The van der Waals surface area contributed by atoms with Crippen LogP contribution in [-0.4, -0.2) is 44.4 Å². The molecular weight excluding hydrogens is 431 g/mol. The van der Waals surface area contributed by atoms with Crippen molar-refractivity contribution in [2.75, 3.05) is 24.6 Å². The fraction of sp³-hybridized carbons (Fsp3) is 0.579. The topological polar surface area (TPSA) is 95.0 Å². The Balaban J connectivity index is 1.65. The minimum atomic E-state index is -4.53. The van der Waals surface area contributed by atoms with Gasteiger partial charge in [-0.15, -0.1) is 21.5 Å². The van der Waals surface area contributed by atoms with E-state index in [1.807, 2.05) is 4.90 Å². The summed E-state index contributed by atoms with van der Waals surface area (Å²) in [5, 5.41) is 8.01. The molecule has 0 aliphatic carbocycles. The number of ether oxygens (including phenoxy) is 1. The quantitative estimate of drug-likeness (QED) is 0.520. The highest BCUT2D eigenvalue weighted by molar-refractivity contribution is 7.18. The Morgan fingerprint density at radius 3 is 2.77 bits per heavy atom. The number of nitrogens with two attached hydrogens (primary N) is 1. The summed E-state index contributed by atoms with van der Waals surface area (Å²) in [6.07, 6.45) is -0.950. The second-order valence-electron chi connectivity index (χ2n) is 7.37. The molecule has 31 heavy (non-hydrogen) atoms. The second kappa shape index (κ2) is 8.95. The lowest BCUT2D eigenvalue weighted by Crippen LogP contribution is -2.36. The highest BCUT2D eigenvalue weighted by Gasteiger charge is 2.39. The average Bonchev–Trinajstić information content (AvgIpc) is 3.34. The van der Waals surface area contributed by atoms with Gasteiger partial charge in [0, 0.05) is 18.0 Å². The van der Waals surface area contributed by atoms with E-state index in [0.29, 0.717) is 25.5 Å². The fourth-order valence-corrected chi connectivity index (χ4v) is 4.69. The van der Waals surface area contributed by atoms with Crippen LogP contribution in [0.3, 0.4) is 0 Å². The molecule has 0 amide bonds. The summed E-state index contributed by atoms with van der Waals surface area (Å²) >= 11 is 1.59. The number of alkyl halides is 3. The number of anilines is 1. The molecule has 4 rings (SSSR count). The van der Waals surface area contributed by atoms with E-state index in [4.69, 9.17) is 10.5 Å². The number of aromatic nitrogens is 5. The Morgan fingerprint density at radius 2 is 2.03 bits per heavy atom. The van der Waals surface area contributed by atoms with E-state index in [2.05, 4.69) is 33.2 Å². The number of hydrogen-bond donors (Lipinski definition) is 1. The molecule has 0 spiro atoms. The van der Waals surface area contributed by atoms with E-state index in [1.165, 1.54) is 4.88 Å². The van der Waals surface area contributed by atoms with E-state index >= 15 is 0 Å². The minimum absolute atomic E-state index is 0.126. The monoisotopic (exact) mass is 455 g/mol.